The maximum absolute atomic E-state index is 11.4. The Kier molecular flexibility index (Phi) is 7.85. The first-order valence-electron chi connectivity index (χ1n) is 5.53. The summed E-state index contributed by atoms with van der Waals surface area (Å²) in [5.41, 5.74) is 0. The van der Waals surface area contributed by atoms with Crippen LogP contribution in [0.1, 0.15) is 11.3 Å². The Bertz CT molecular complexity index is 368. The fourth-order valence-corrected chi connectivity index (χ4v) is 3.03. The summed E-state index contributed by atoms with van der Waals surface area (Å²) >= 11 is 10.8. The van der Waals surface area contributed by atoms with Crippen molar-refractivity contribution in [3.63, 3.8) is 0 Å². The van der Waals surface area contributed by atoms with E-state index in [1.165, 1.54) is 11.3 Å². The maximum atomic E-state index is 11.4. The molecule has 7 heteroatoms. The second kappa shape index (κ2) is 8.87. The Morgan fingerprint density at radius 2 is 2.33 bits per heavy atom. The van der Waals surface area contributed by atoms with Crippen molar-refractivity contribution in [3.8, 4) is 0 Å². The van der Waals surface area contributed by atoms with Gasteiger partial charge in [0, 0.05) is 42.5 Å². The summed E-state index contributed by atoms with van der Waals surface area (Å²) in [5, 5.41) is 5.97. The largest absolute Gasteiger partial charge is 0.383 e. The van der Waals surface area contributed by atoms with E-state index in [9.17, 15) is 4.79 Å². The molecule has 0 spiro atoms. The molecule has 0 fully saturated rings. The maximum Gasteiger partial charge on any atom is 0.221 e. The van der Waals surface area contributed by atoms with Gasteiger partial charge in [-0.1, -0.05) is 11.6 Å². The molecule has 0 saturated heterocycles. The van der Waals surface area contributed by atoms with Crippen molar-refractivity contribution < 1.29 is 9.53 Å². The average molecular weight is 356 g/mol. The molecule has 0 saturated carbocycles. The minimum atomic E-state index is 0.0324. The minimum absolute atomic E-state index is 0.0324. The lowest BCUT2D eigenvalue weighted by atomic mass is 10.4. The van der Waals surface area contributed by atoms with Crippen LogP contribution in [0.3, 0.4) is 0 Å². The van der Waals surface area contributed by atoms with Crippen LogP contribution in [0.5, 0.6) is 0 Å². The molecule has 102 valence electrons. The predicted octanol–water partition coefficient (Wildman–Crippen LogP) is 2.41. The van der Waals surface area contributed by atoms with Crippen LogP contribution in [0.2, 0.25) is 4.34 Å². The van der Waals surface area contributed by atoms with E-state index in [1.807, 2.05) is 6.07 Å². The molecule has 1 heterocycles. The highest BCUT2D eigenvalue weighted by Gasteiger charge is 2.04. The molecule has 0 unspecified atom stereocenters. The van der Waals surface area contributed by atoms with E-state index in [4.69, 9.17) is 16.3 Å². The van der Waals surface area contributed by atoms with Gasteiger partial charge in [-0.05, 0) is 22.0 Å². The zero-order valence-electron chi connectivity index (χ0n) is 10.1. The van der Waals surface area contributed by atoms with Crippen molar-refractivity contribution in [1.29, 1.82) is 0 Å². The summed E-state index contributed by atoms with van der Waals surface area (Å²) in [6, 6.07) is 1.98. The number of ether oxygens (including phenoxy) is 1. The average Bonchev–Trinajstić information content (AvgIpc) is 2.65. The molecular weight excluding hydrogens is 340 g/mol. The zero-order chi connectivity index (χ0) is 13.4. The highest BCUT2D eigenvalue weighted by atomic mass is 79.9. The molecule has 2 N–H and O–H groups in total. The first-order valence-corrected chi connectivity index (χ1v) is 7.52. The number of thiophene rings is 1. The van der Waals surface area contributed by atoms with E-state index in [-0.39, 0.29) is 5.91 Å². The molecular formula is C11H16BrClN2O2S. The molecule has 0 aliphatic rings. The van der Waals surface area contributed by atoms with Crippen LogP contribution in [0.4, 0.5) is 0 Å². The number of methoxy groups -OCH3 is 1. The molecule has 0 aliphatic carbocycles. The van der Waals surface area contributed by atoms with Crippen LogP contribution in [-0.2, 0) is 16.1 Å². The molecule has 1 amide bonds. The van der Waals surface area contributed by atoms with Gasteiger partial charge in [-0.2, -0.15) is 0 Å². The summed E-state index contributed by atoms with van der Waals surface area (Å²) in [7, 11) is 1.61. The normalized spacial score (nSPS) is 10.6. The standard InChI is InChI=1S/C11H16BrClN2O2S/c1-17-5-4-15-10(16)2-3-14-7-8-6-9(12)11(13)18-8/h6,14H,2-5,7H2,1H3,(H,15,16). The first-order chi connectivity index (χ1) is 8.63. The summed E-state index contributed by atoms with van der Waals surface area (Å²) < 4.78 is 6.52. The van der Waals surface area contributed by atoms with E-state index < -0.39 is 0 Å². The number of rotatable bonds is 8. The second-order valence-corrected chi connectivity index (χ2v) is 6.20. The van der Waals surface area contributed by atoms with Crippen molar-refractivity contribution in [3.05, 3.63) is 19.8 Å². The molecule has 1 aromatic heterocycles. The van der Waals surface area contributed by atoms with Crippen LogP contribution >= 0.6 is 38.9 Å². The summed E-state index contributed by atoms with van der Waals surface area (Å²) in [5.74, 6) is 0.0324. The third-order valence-corrected chi connectivity index (χ3v) is 4.63. The fraction of sp³-hybridized carbons (Fsp3) is 0.545. The number of amides is 1. The molecule has 0 aliphatic heterocycles. The van der Waals surface area contributed by atoms with E-state index in [0.717, 1.165) is 20.2 Å². The van der Waals surface area contributed by atoms with Gasteiger partial charge < -0.3 is 15.4 Å². The Morgan fingerprint density at radius 1 is 1.56 bits per heavy atom. The number of hydrogen-bond donors (Lipinski definition) is 2. The van der Waals surface area contributed by atoms with E-state index >= 15 is 0 Å². The lowest BCUT2D eigenvalue weighted by Gasteiger charge is -2.05. The second-order valence-electron chi connectivity index (χ2n) is 3.60. The van der Waals surface area contributed by atoms with E-state index in [2.05, 4.69) is 26.6 Å². The van der Waals surface area contributed by atoms with Gasteiger partial charge in [0.15, 0.2) is 0 Å². The SMILES string of the molecule is COCCNC(=O)CCNCc1cc(Br)c(Cl)s1. The molecule has 1 aromatic rings. The van der Waals surface area contributed by atoms with E-state index in [0.29, 0.717) is 26.1 Å². The van der Waals surface area contributed by atoms with Gasteiger partial charge in [-0.25, -0.2) is 0 Å². The quantitative estimate of drug-likeness (QED) is 0.704. The molecule has 18 heavy (non-hydrogen) atoms. The van der Waals surface area contributed by atoms with Crippen molar-refractivity contribution in [2.24, 2.45) is 0 Å². The monoisotopic (exact) mass is 354 g/mol. The fourth-order valence-electron chi connectivity index (χ4n) is 1.27. The molecule has 0 aromatic carbocycles. The lowest BCUT2D eigenvalue weighted by molar-refractivity contribution is -0.121. The molecule has 1 rings (SSSR count). The highest BCUT2D eigenvalue weighted by Crippen LogP contribution is 2.31. The van der Waals surface area contributed by atoms with Gasteiger partial charge in [0.05, 0.1) is 6.61 Å². The molecule has 0 bridgehead atoms. The van der Waals surface area contributed by atoms with Crippen LogP contribution in [0, 0.1) is 0 Å². The van der Waals surface area contributed by atoms with Crippen LogP contribution in [0.15, 0.2) is 10.5 Å². The number of carbonyl (C=O) groups is 1. The third kappa shape index (κ3) is 6.15. The molecule has 4 nitrogen and oxygen atoms in total. The number of nitrogens with one attached hydrogen (secondary N) is 2. The topological polar surface area (TPSA) is 50.4 Å². The minimum Gasteiger partial charge on any atom is -0.383 e. The first kappa shape index (κ1) is 15.9. The predicted molar refractivity (Wildman–Crippen MR) is 78.2 cm³/mol. The lowest BCUT2D eigenvalue weighted by Crippen LogP contribution is -2.29. The van der Waals surface area contributed by atoms with Gasteiger partial charge >= 0.3 is 0 Å². The van der Waals surface area contributed by atoms with Crippen LogP contribution in [0.25, 0.3) is 0 Å². The third-order valence-electron chi connectivity index (χ3n) is 2.15. The van der Waals surface area contributed by atoms with Gasteiger partial charge in [0.25, 0.3) is 0 Å². The van der Waals surface area contributed by atoms with Crippen molar-refractivity contribution in [1.82, 2.24) is 10.6 Å². The van der Waals surface area contributed by atoms with Crippen molar-refractivity contribution in [2.75, 3.05) is 26.8 Å². The zero-order valence-corrected chi connectivity index (χ0v) is 13.3. The number of halogens is 2. The number of carbonyl (C=O) groups excluding carboxylic acids is 1. The smallest absolute Gasteiger partial charge is 0.221 e. The van der Waals surface area contributed by atoms with Crippen LogP contribution in [-0.4, -0.2) is 32.7 Å². The molecule has 0 atom stereocenters. The van der Waals surface area contributed by atoms with Crippen LogP contribution < -0.4 is 10.6 Å². The van der Waals surface area contributed by atoms with Crippen molar-refractivity contribution >= 4 is 44.8 Å². The van der Waals surface area contributed by atoms with E-state index in [1.54, 1.807) is 7.11 Å². The Labute approximate surface area is 124 Å². The Morgan fingerprint density at radius 3 is 2.94 bits per heavy atom. The summed E-state index contributed by atoms with van der Waals surface area (Å²) in [6.07, 6.45) is 0.462. The van der Waals surface area contributed by atoms with Gasteiger partial charge in [0.1, 0.15) is 4.34 Å². The number of hydrogen-bond acceptors (Lipinski definition) is 4. The Balaban J connectivity index is 2.09. The summed E-state index contributed by atoms with van der Waals surface area (Å²) in [4.78, 5) is 12.5. The van der Waals surface area contributed by atoms with Gasteiger partial charge in [-0.3, -0.25) is 4.79 Å². The molecule has 0 radical (unpaired) electrons. The Hall–Kier alpha value is -0.140. The summed E-state index contributed by atoms with van der Waals surface area (Å²) in [6.45, 7) is 2.47. The van der Waals surface area contributed by atoms with Gasteiger partial charge in [-0.15, -0.1) is 11.3 Å². The highest BCUT2D eigenvalue weighted by molar-refractivity contribution is 9.10. The van der Waals surface area contributed by atoms with Gasteiger partial charge in [0.2, 0.25) is 5.91 Å². The van der Waals surface area contributed by atoms with Crippen molar-refractivity contribution in [2.45, 2.75) is 13.0 Å².